The van der Waals surface area contributed by atoms with Gasteiger partial charge < -0.3 is 9.84 Å². The minimum atomic E-state index is -0.683. The number of benzene rings is 2. The van der Waals surface area contributed by atoms with Gasteiger partial charge in [-0.1, -0.05) is 88.3 Å². The van der Waals surface area contributed by atoms with Crippen LogP contribution in [0.1, 0.15) is 119 Å². The lowest BCUT2D eigenvalue weighted by molar-refractivity contribution is -0.137. The van der Waals surface area contributed by atoms with Crippen LogP contribution in [0.15, 0.2) is 48.5 Å². The minimum absolute atomic E-state index is 0.113. The topological polar surface area (TPSA) is 63.6 Å². The van der Waals surface area contributed by atoms with E-state index in [0.29, 0.717) is 36.6 Å². The van der Waals surface area contributed by atoms with Crippen LogP contribution in [0.5, 0.6) is 5.75 Å². The van der Waals surface area contributed by atoms with Crippen LogP contribution in [0, 0.1) is 23.2 Å². The van der Waals surface area contributed by atoms with Crippen molar-refractivity contribution in [3.05, 3.63) is 65.2 Å². The van der Waals surface area contributed by atoms with Gasteiger partial charge in [-0.2, -0.15) is 0 Å². The van der Waals surface area contributed by atoms with Crippen molar-refractivity contribution in [2.45, 2.75) is 116 Å². The summed E-state index contributed by atoms with van der Waals surface area (Å²) in [5, 5.41) is 8.73. The molecule has 3 aliphatic rings. The number of carboxylic acids is 1. The number of ether oxygens (including phenoxy) is 1. The lowest BCUT2D eigenvalue weighted by atomic mass is 9.55. The molecule has 40 heavy (non-hydrogen) atoms. The molecule has 4 nitrogen and oxygen atoms in total. The number of carbonyl (C=O) groups excluding carboxylic acids is 1. The standard InChI is InChI=1S/C36H48O4/c1-36-22-21-31-30-20-18-29(40-25-26-13-9-8-10-14-26)23-27(30)17-19-32(31)33(36)24-28(35(36)39)15-11-6-4-2-3-5-7-12-16-34(37)38/h8-10,13-14,18,20,23,28,31-33H,2-7,11-12,15-17,19,21-22,24-25H2,1H3,(H,37,38)/t28-,31-,32-,33+,36+/m1/s1. The zero-order valence-electron chi connectivity index (χ0n) is 24.4. The van der Waals surface area contributed by atoms with Gasteiger partial charge >= 0.3 is 5.97 Å². The molecule has 2 fully saturated rings. The summed E-state index contributed by atoms with van der Waals surface area (Å²) in [6.07, 6.45) is 16.0. The molecule has 2 saturated carbocycles. The van der Waals surface area contributed by atoms with E-state index in [1.54, 1.807) is 0 Å². The van der Waals surface area contributed by atoms with Gasteiger partial charge in [-0.3, -0.25) is 9.59 Å². The lowest BCUT2D eigenvalue weighted by Crippen LogP contribution is -2.42. The third-order valence-electron chi connectivity index (χ3n) is 10.5. The van der Waals surface area contributed by atoms with Gasteiger partial charge in [0.25, 0.3) is 0 Å². The van der Waals surface area contributed by atoms with Gasteiger partial charge in [0, 0.05) is 17.8 Å². The molecule has 0 amide bonds. The second-order valence-electron chi connectivity index (χ2n) is 13.1. The van der Waals surface area contributed by atoms with E-state index in [-0.39, 0.29) is 11.3 Å². The molecule has 0 unspecified atom stereocenters. The Morgan fingerprint density at radius 1 is 0.950 bits per heavy atom. The van der Waals surface area contributed by atoms with E-state index in [2.05, 4.69) is 49.4 Å². The number of Topliss-reactive ketones (excluding diaryl/α,β-unsaturated/α-hetero) is 1. The molecule has 0 saturated heterocycles. The zero-order valence-corrected chi connectivity index (χ0v) is 24.4. The molecular weight excluding hydrogens is 496 g/mol. The molecule has 3 aliphatic carbocycles. The van der Waals surface area contributed by atoms with E-state index < -0.39 is 5.97 Å². The van der Waals surface area contributed by atoms with Crippen molar-refractivity contribution in [2.75, 3.05) is 0 Å². The van der Waals surface area contributed by atoms with E-state index in [9.17, 15) is 9.59 Å². The Kier molecular flexibility index (Phi) is 9.65. The normalized spacial score (nSPS) is 27.1. The van der Waals surface area contributed by atoms with Gasteiger partial charge in [-0.25, -0.2) is 0 Å². The van der Waals surface area contributed by atoms with Crippen molar-refractivity contribution < 1.29 is 19.4 Å². The first-order valence-corrected chi connectivity index (χ1v) is 16.0. The van der Waals surface area contributed by atoms with Crippen LogP contribution in [0.4, 0.5) is 0 Å². The van der Waals surface area contributed by atoms with Gasteiger partial charge in [-0.05, 0) is 91.5 Å². The van der Waals surface area contributed by atoms with Gasteiger partial charge in [0.2, 0.25) is 0 Å². The molecule has 0 bridgehead atoms. The molecule has 2 aromatic rings. The Morgan fingerprint density at radius 2 is 1.68 bits per heavy atom. The lowest BCUT2D eigenvalue weighted by Gasteiger charge is -2.48. The van der Waals surface area contributed by atoms with Gasteiger partial charge in [-0.15, -0.1) is 0 Å². The molecule has 2 aromatic carbocycles. The Morgan fingerprint density at radius 3 is 2.42 bits per heavy atom. The Labute approximate surface area is 240 Å². The Bertz CT molecular complexity index is 1140. The van der Waals surface area contributed by atoms with Crippen molar-refractivity contribution >= 4 is 11.8 Å². The second kappa shape index (κ2) is 13.4. The number of fused-ring (bicyclic) bond motifs is 5. The number of hydrogen-bond donors (Lipinski definition) is 1. The number of rotatable bonds is 14. The molecule has 0 heterocycles. The first kappa shape index (κ1) is 28.9. The highest BCUT2D eigenvalue weighted by atomic mass is 16.5. The van der Waals surface area contributed by atoms with Crippen molar-refractivity contribution in [1.82, 2.24) is 0 Å². The predicted molar refractivity (Wildman–Crippen MR) is 160 cm³/mol. The van der Waals surface area contributed by atoms with Crippen molar-refractivity contribution in [1.29, 1.82) is 0 Å². The number of hydrogen-bond acceptors (Lipinski definition) is 3. The predicted octanol–water partition coefficient (Wildman–Crippen LogP) is 8.90. The highest BCUT2D eigenvalue weighted by Crippen LogP contribution is 2.61. The van der Waals surface area contributed by atoms with Crippen LogP contribution in [0.25, 0.3) is 0 Å². The second-order valence-corrected chi connectivity index (χ2v) is 13.1. The molecule has 216 valence electrons. The molecule has 5 rings (SSSR count). The molecule has 4 heteroatoms. The molecule has 0 radical (unpaired) electrons. The monoisotopic (exact) mass is 544 g/mol. The fourth-order valence-electron chi connectivity index (χ4n) is 8.31. The summed E-state index contributed by atoms with van der Waals surface area (Å²) >= 11 is 0. The maximum atomic E-state index is 13.7. The molecule has 0 aliphatic heterocycles. The molecule has 1 N–H and O–H groups in total. The number of aliphatic carboxylic acids is 1. The van der Waals surface area contributed by atoms with Crippen LogP contribution in [0.2, 0.25) is 0 Å². The number of carboxylic acid groups (broad SMARTS) is 1. The van der Waals surface area contributed by atoms with E-state index in [4.69, 9.17) is 9.84 Å². The Balaban J connectivity index is 1.09. The largest absolute Gasteiger partial charge is 0.489 e. The van der Waals surface area contributed by atoms with Crippen molar-refractivity contribution in [3.8, 4) is 5.75 Å². The smallest absolute Gasteiger partial charge is 0.303 e. The summed E-state index contributed by atoms with van der Waals surface area (Å²) in [4.78, 5) is 24.3. The summed E-state index contributed by atoms with van der Waals surface area (Å²) in [6.45, 7) is 2.90. The highest BCUT2D eigenvalue weighted by Gasteiger charge is 2.57. The fraction of sp³-hybridized carbons (Fsp3) is 0.611. The maximum absolute atomic E-state index is 13.7. The van der Waals surface area contributed by atoms with Gasteiger partial charge in [0.05, 0.1) is 0 Å². The van der Waals surface area contributed by atoms with E-state index in [0.717, 1.165) is 57.1 Å². The summed E-state index contributed by atoms with van der Waals surface area (Å²) in [5.74, 6) is 2.89. The molecule has 0 aromatic heterocycles. The van der Waals surface area contributed by atoms with E-state index in [1.165, 1.54) is 55.2 Å². The number of ketones is 1. The summed E-state index contributed by atoms with van der Waals surface area (Å²) in [5.41, 5.74) is 4.05. The highest BCUT2D eigenvalue weighted by molar-refractivity contribution is 5.89. The average Bonchev–Trinajstić information content (AvgIpc) is 3.22. The van der Waals surface area contributed by atoms with Crippen molar-refractivity contribution in [3.63, 3.8) is 0 Å². The van der Waals surface area contributed by atoms with Gasteiger partial charge in [0.15, 0.2) is 0 Å². The van der Waals surface area contributed by atoms with Crippen LogP contribution in [-0.2, 0) is 22.6 Å². The average molecular weight is 545 g/mol. The number of unbranched alkanes of at least 4 members (excludes halogenated alkanes) is 7. The molecule has 0 spiro atoms. The Hall–Kier alpha value is -2.62. The third-order valence-corrected chi connectivity index (χ3v) is 10.5. The number of carbonyl (C=O) groups is 2. The summed E-state index contributed by atoms with van der Waals surface area (Å²) in [7, 11) is 0. The number of aryl methyl sites for hydroxylation is 1. The maximum Gasteiger partial charge on any atom is 0.303 e. The van der Waals surface area contributed by atoms with Crippen LogP contribution in [0.3, 0.4) is 0 Å². The van der Waals surface area contributed by atoms with Crippen LogP contribution < -0.4 is 4.74 Å². The van der Waals surface area contributed by atoms with Crippen LogP contribution >= 0.6 is 0 Å². The fourth-order valence-corrected chi connectivity index (χ4v) is 8.31. The van der Waals surface area contributed by atoms with Gasteiger partial charge in [0.1, 0.15) is 18.1 Å². The summed E-state index contributed by atoms with van der Waals surface area (Å²) in [6, 6.07) is 17.1. The summed E-state index contributed by atoms with van der Waals surface area (Å²) < 4.78 is 6.14. The van der Waals surface area contributed by atoms with E-state index >= 15 is 0 Å². The SMILES string of the molecule is C[C@]12CC[C@@H]3c4ccc(OCc5ccccc5)cc4CC[C@H]3[C@@H]1C[C@@H](CCCCCCCCCCC(=O)O)C2=O. The quantitative estimate of drug-likeness (QED) is 0.241. The zero-order chi connectivity index (χ0) is 28.0. The van der Waals surface area contributed by atoms with E-state index in [1.807, 2.05) is 6.07 Å². The molecular formula is C36H48O4. The first-order chi connectivity index (χ1) is 19.5. The van der Waals surface area contributed by atoms with Crippen LogP contribution in [-0.4, -0.2) is 16.9 Å². The third kappa shape index (κ3) is 6.64. The first-order valence-electron chi connectivity index (χ1n) is 16.0. The molecule has 5 atom stereocenters. The minimum Gasteiger partial charge on any atom is -0.489 e. The van der Waals surface area contributed by atoms with Crippen molar-refractivity contribution in [2.24, 2.45) is 23.2 Å².